The van der Waals surface area contributed by atoms with E-state index in [2.05, 4.69) is 62.5 Å². The SMILES string of the molecule is CC(C)c1nc(Br)c(B2OC(C)(C)C(C)(C)O2)s1. The number of hydrogen-bond donors (Lipinski definition) is 0. The molecule has 0 amide bonds. The molecule has 18 heavy (non-hydrogen) atoms. The van der Waals surface area contributed by atoms with Crippen molar-refractivity contribution in [3.8, 4) is 0 Å². The van der Waals surface area contributed by atoms with E-state index >= 15 is 0 Å². The zero-order chi connectivity index (χ0) is 13.7. The molecule has 2 rings (SSSR count). The number of rotatable bonds is 2. The smallest absolute Gasteiger partial charge is 0.399 e. The first-order valence-corrected chi connectivity index (χ1v) is 7.77. The van der Waals surface area contributed by atoms with Crippen molar-refractivity contribution in [2.24, 2.45) is 0 Å². The molecule has 0 aromatic carbocycles. The summed E-state index contributed by atoms with van der Waals surface area (Å²) >= 11 is 5.17. The molecule has 0 unspecified atom stereocenters. The van der Waals surface area contributed by atoms with Crippen LogP contribution in [0.4, 0.5) is 0 Å². The van der Waals surface area contributed by atoms with Crippen molar-refractivity contribution in [3.63, 3.8) is 0 Å². The second kappa shape index (κ2) is 4.58. The lowest BCUT2D eigenvalue weighted by Gasteiger charge is -2.32. The predicted molar refractivity (Wildman–Crippen MR) is 79.6 cm³/mol. The quantitative estimate of drug-likeness (QED) is 0.779. The molecule has 0 radical (unpaired) electrons. The van der Waals surface area contributed by atoms with Gasteiger partial charge in [-0.3, -0.25) is 0 Å². The van der Waals surface area contributed by atoms with E-state index in [4.69, 9.17) is 9.31 Å². The maximum atomic E-state index is 6.04. The molecule has 0 saturated carbocycles. The Morgan fingerprint density at radius 3 is 2.06 bits per heavy atom. The van der Waals surface area contributed by atoms with Crippen LogP contribution in [0.3, 0.4) is 0 Å². The summed E-state index contributed by atoms with van der Waals surface area (Å²) in [4.78, 5) is 4.53. The highest BCUT2D eigenvalue weighted by atomic mass is 79.9. The van der Waals surface area contributed by atoms with Crippen LogP contribution in [-0.2, 0) is 9.31 Å². The van der Waals surface area contributed by atoms with Crippen LogP contribution in [0.2, 0.25) is 0 Å². The van der Waals surface area contributed by atoms with Crippen molar-refractivity contribution in [1.29, 1.82) is 0 Å². The average Bonchev–Trinajstić information content (AvgIpc) is 2.66. The Morgan fingerprint density at radius 1 is 1.17 bits per heavy atom. The van der Waals surface area contributed by atoms with E-state index in [1.165, 1.54) is 0 Å². The number of nitrogens with zero attached hydrogens (tertiary/aromatic N) is 1. The Labute approximate surface area is 122 Å². The average molecular weight is 332 g/mol. The summed E-state index contributed by atoms with van der Waals surface area (Å²) in [5.74, 6) is 0.419. The van der Waals surface area contributed by atoms with Crippen molar-refractivity contribution >= 4 is 39.2 Å². The molecule has 1 aliphatic rings. The molecular formula is C12H19BBrNO2S. The van der Waals surface area contributed by atoms with Gasteiger partial charge >= 0.3 is 7.12 Å². The predicted octanol–water partition coefficient (Wildman–Crippen LogP) is 3.33. The zero-order valence-electron chi connectivity index (χ0n) is 11.7. The summed E-state index contributed by atoms with van der Waals surface area (Å²) in [7, 11) is -0.325. The normalized spacial score (nSPS) is 21.9. The Morgan fingerprint density at radius 2 is 1.67 bits per heavy atom. The van der Waals surface area contributed by atoms with E-state index < -0.39 is 0 Å². The van der Waals surface area contributed by atoms with Crippen LogP contribution in [0.15, 0.2) is 4.60 Å². The monoisotopic (exact) mass is 331 g/mol. The van der Waals surface area contributed by atoms with Gasteiger partial charge in [-0.15, -0.1) is 11.3 Å². The van der Waals surface area contributed by atoms with Gasteiger partial charge in [-0.05, 0) is 43.6 Å². The van der Waals surface area contributed by atoms with E-state index in [0.717, 1.165) is 14.4 Å². The summed E-state index contributed by atoms with van der Waals surface area (Å²) < 4.78 is 14.0. The molecule has 0 atom stereocenters. The van der Waals surface area contributed by atoms with Gasteiger partial charge in [0, 0.05) is 5.92 Å². The van der Waals surface area contributed by atoms with Gasteiger partial charge < -0.3 is 9.31 Å². The molecule has 0 aliphatic carbocycles. The van der Waals surface area contributed by atoms with E-state index in [1.807, 2.05) is 0 Å². The van der Waals surface area contributed by atoms with E-state index in [0.29, 0.717) is 5.92 Å². The molecular weight excluding hydrogens is 313 g/mol. The molecule has 1 aliphatic heterocycles. The van der Waals surface area contributed by atoms with Crippen LogP contribution >= 0.6 is 27.3 Å². The lowest BCUT2D eigenvalue weighted by atomic mass is 9.89. The molecule has 6 heteroatoms. The van der Waals surface area contributed by atoms with Gasteiger partial charge in [-0.2, -0.15) is 0 Å². The molecule has 0 N–H and O–H groups in total. The van der Waals surface area contributed by atoms with Gasteiger partial charge in [0.05, 0.1) is 21.0 Å². The fourth-order valence-corrected chi connectivity index (χ4v) is 3.33. The molecule has 0 bridgehead atoms. The first kappa shape index (κ1) is 14.5. The Balaban J connectivity index is 2.30. The number of halogens is 1. The fraction of sp³-hybridized carbons (Fsp3) is 0.750. The second-order valence-corrected chi connectivity index (χ2v) is 7.76. The van der Waals surface area contributed by atoms with Crippen LogP contribution in [0.5, 0.6) is 0 Å². The third-order valence-electron chi connectivity index (χ3n) is 3.59. The Bertz CT molecular complexity index is 443. The summed E-state index contributed by atoms with van der Waals surface area (Å²) in [6.45, 7) is 12.5. The molecule has 0 spiro atoms. The fourth-order valence-electron chi connectivity index (χ4n) is 1.67. The zero-order valence-corrected chi connectivity index (χ0v) is 14.1. The minimum Gasteiger partial charge on any atom is -0.399 e. The molecule has 1 saturated heterocycles. The van der Waals surface area contributed by atoms with Gasteiger partial charge in [0.25, 0.3) is 0 Å². The van der Waals surface area contributed by atoms with Crippen molar-refractivity contribution in [2.75, 3.05) is 0 Å². The maximum absolute atomic E-state index is 6.04. The van der Waals surface area contributed by atoms with Crippen molar-refractivity contribution < 1.29 is 9.31 Å². The Hall–Kier alpha value is 0.0949. The summed E-state index contributed by atoms with van der Waals surface area (Å²) in [6, 6.07) is 0. The van der Waals surface area contributed by atoms with Crippen LogP contribution < -0.4 is 4.78 Å². The third-order valence-corrected chi connectivity index (χ3v) is 5.83. The second-order valence-electron chi connectivity index (χ2n) is 5.95. The van der Waals surface area contributed by atoms with Crippen LogP contribution in [0, 0.1) is 0 Å². The number of hydrogen-bond acceptors (Lipinski definition) is 4. The molecule has 3 nitrogen and oxygen atoms in total. The highest BCUT2D eigenvalue weighted by molar-refractivity contribution is 9.10. The topological polar surface area (TPSA) is 31.4 Å². The van der Waals surface area contributed by atoms with Gasteiger partial charge in [0.15, 0.2) is 0 Å². The highest BCUT2D eigenvalue weighted by Crippen LogP contribution is 2.37. The van der Waals surface area contributed by atoms with Crippen molar-refractivity contribution in [1.82, 2.24) is 4.98 Å². The first-order chi connectivity index (χ1) is 8.14. The lowest BCUT2D eigenvalue weighted by Crippen LogP contribution is -2.41. The first-order valence-electron chi connectivity index (χ1n) is 6.16. The number of aromatic nitrogens is 1. The van der Waals surface area contributed by atoms with Crippen molar-refractivity contribution in [2.45, 2.75) is 58.7 Å². The lowest BCUT2D eigenvalue weighted by molar-refractivity contribution is 0.00578. The van der Waals surface area contributed by atoms with Crippen molar-refractivity contribution in [3.05, 3.63) is 9.61 Å². The van der Waals surface area contributed by atoms with Gasteiger partial charge in [0.1, 0.15) is 4.60 Å². The number of thiazole rings is 1. The van der Waals surface area contributed by atoms with Gasteiger partial charge in [-0.1, -0.05) is 13.8 Å². The minimum absolute atomic E-state index is 0.306. The van der Waals surface area contributed by atoms with E-state index in [9.17, 15) is 0 Å². The largest absolute Gasteiger partial charge is 0.508 e. The minimum atomic E-state index is -0.325. The summed E-state index contributed by atoms with van der Waals surface area (Å²) in [5, 5.41) is 1.10. The molecule has 1 aromatic heterocycles. The van der Waals surface area contributed by atoms with Crippen LogP contribution in [0.25, 0.3) is 0 Å². The maximum Gasteiger partial charge on any atom is 0.508 e. The van der Waals surface area contributed by atoms with Gasteiger partial charge in [-0.25, -0.2) is 4.98 Å². The standard InChI is InChI=1S/C12H19BBrNO2S/c1-7(2)10-15-9(14)8(18-10)13-16-11(3,4)12(5,6)17-13/h7H,1-6H3. The molecule has 1 aromatic rings. The highest BCUT2D eigenvalue weighted by Gasteiger charge is 2.53. The van der Waals surface area contributed by atoms with E-state index in [1.54, 1.807) is 11.3 Å². The summed E-state index contributed by atoms with van der Waals surface area (Å²) in [6.07, 6.45) is 0. The molecule has 100 valence electrons. The Kier molecular flexibility index (Phi) is 3.69. The van der Waals surface area contributed by atoms with Crippen LogP contribution in [-0.4, -0.2) is 23.3 Å². The molecule has 2 heterocycles. The molecule has 1 fully saturated rings. The van der Waals surface area contributed by atoms with E-state index in [-0.39, 0.29) is 18.3 Å². The van der Waals surface area contributed by atoms with Gasteiger partial charge in [0.2, 0.25) is 0 Å². The summed E-state index contributed by atoms with van der Waals surface area (Å²) in [5.41, 5.74) is -0.613. The third kappa shape index (κ3) is 2.40. The van der Waals surface area contributed by atoms with Crippen LogP contribution in [0.1, 0.15) is 52.5 Å².